The molecule has 0 aliphatic heterocycles. The molecule has 0 bridgehead atoms. The fourth-order valence-corrected chi connectivity index (χ4v) is 2.09. The summed E-state index contributed by atoms with van der Waals surface area (Å²) < 4.78 is 0. The van der Waals surface area contributed by atoms with Gasteiger partial charge in [-0.25, -0.2) is 0 Å². The molecule has 0 unspecified atom stereocenters. The van der Waals surface area contributed by atoms with E-state index in [1.807, 2.05) is 0 Å². The minimum atomic E-state index is 0. The van der Waals surface area contributed by atoms with E-state index in [-0.39, 0.29) is 5.48 Å². The van der Waals surface area contributed by atoms with E-state index in [2.05, 4.69) is 57.0 Å². The number of aliphatic imine (C=N–C) groups is 1. The van der Waals surface area contributed by atoms with Crippen molar-refractivity contribution in [2.45, 2.75) is 65.8 Å². The third-order valence-corrected chi connectivity index (χ3v) is 3.09. The molecule has 1 aliphatic rings. The highest BCUT2D eigenvalue weighted by Crippen LogP contribution is 2.15. The smallest absolute Gasteiger partial charge is 0.0442 e. The van der Waals surface area contributed by atoms with E-state index >= 15 is 0 Å². The molecule has 1 saturated carbocycles. The van der Waals surface area contributed by atoms with E-state index < -0.39 is 0 Å². The summed E-state index contributed by atoms with van der Waals surface area (Å²) in [6.45, 7) is 8.50. The lowest BCUT2D eigenvalue weighted by Crippen LogP contribution is -2.07. The van der Waals surface area contributed by atoms with E-state index in [4.69, 9.17) is 5.11 Å². The highest BCUT2D eigenvalue weighted by atomic mass is 16.2. The number of rotatable bonds is 1. The van der Waals surface area contributed by atoms with Gasteiger partial charge in [0.2, 0.25) is 0 Å². The van der Waals surface area contributed by atoms with Gasteiger partial charge in [-0.3, -0.25) is 4.99 Å². The predicted molar refractivity (Wildman–Crippen MR) is 93.3 cm³/mol. The Morgan fingerprint density at radius 2 is 1.24 bits per heavy atom. The zero-order valence-electron chi connectivity index (χ0n) is 14.3. The summed E-state index contributed by atoms with van der Waals surface area (Å²) in [7, 11) is 1.00. The zero-order valence-corrected chi connectivity index (χ0v) is 14.3. The van der Waals surface area contributed by atoms with E-state index in [1.54, 1.807) is 0 Å². The van der Waals surface area contributed by atoms with Crippen LogP contribution in [-0.2, 0) is 0 Å². The molecule has 0 saturated heterocycles. The molecule has 0 amide bonds. The Balaban J connectivity index is 0. The molecule has 21 heavy (non-hydrogen) atoms. The highest BCUT2D eigenvalue weighted by molar-refractivity contribution is 5.85. The van der Waals surface area contributed by atoms with Crippen LogP contribution in [0.1, 0.15) is 57.1 Å². The van der Waals surface area contributed by atoms with Crippen molar-refractivity contribution in [3.63, 3.8) is 0 Å². The molecule has 1 aliphatic carbocycles. The Hall–Kier alpha value is -1.19. The second kappa shape index (κ2) is 13.8. The molecular weight excluding hydrogens is 262 g/mol. The fraction of sp³-hybridized carbons (Fsp3) is 0.611. The first-order valence-corrected chi connectivity index (χ1v) is 7.61. The van der Waals surface area contributed by atoms with Gasteiger partial charge in [-0.1, -0.05) is 41.8 Å². The van der Waals surface area contributed by atoms with E-state index in [9.17, 15) is 0 Å². The van der Waals surface area contributed by atoms with E-state index in [0.29, 0.717) is 6.04 Å². The van der Waals surface area contributed by atoms with E-state index in [1.165, 1.54) is 48.9 Å². The highest BCUT2D eigenvalue weighted by Gasteiger charge is 2.06. The minimum Gasteiger partial charge on any atom is -0.412 e. The molecule has 0 spiro atoms. The van der Waals surface area contributed by atoms with Gasteiger partial charge in [-0.2, -0.15) is 0 Å². The third-order valence-electron chi connectivity index (χ3n) is 3.09. The largest absolute Gasteiger partial charge is 0.412 e. The number of nitrogens with zero attached hydrogens (tertiary/aromatic N) is 1. The second-order valence-electron chi connectivity index (χ2n) is 5.50. The summed E-state index contributed by atoms with van der Waals surface area (Å²) >= 11 is 0. The van der Waals surface area contributed by atoms with Crippen LogP contribution in [0.4, 0.5) is 0 Å². The van der Waals surface area contributed by atoms with Crippen molar-refractivity contribution in [3.8, 4) is 0 Å². The quantitative estimate of drug-likeness (QED) is 0.839. The normalized spacial score (nSPS) is 13.2. The van der Waals surface area contributed by atoms with Crippen LogP contribution in [0.5, 0.6) is 0 Å². The van der Waals surface area contributed by atoms with Gasteiger partial charge in [0.1, 0.15) is 0 Å². The lowest BCUT2D eigenvalue weighted by molar-refractivity contribution is 0.399. The van der Waals surface area contributed by atoms with Gasteiger partial charge in [0.25, 0.3) is 0 Å². The molecule has 0 aromatic heterocycles. The standard InChI is InChI=1S/C9H17N.C8H10.CH4O.H2O/c1-8(2)10-9-6-4-3-5-7-9;1-7-3-5-8(2)6-4-7;1-2;/h8H,3-7H2,1-2H3;3-6H,1-2H3;2H,1H3;1H2. The minimum absolute atomic E-state index is 0. The Morgan fingerprint density at radius 1 is 0.857 bits per heavy atom. The average Bonchev–Trinajstić information content (AvgIpc) is 2.45. The Kier molecular flexibility index (Phi) is 14.5. The summed E-state index contributed by atoms with van der Waals surface area (Å²) in [5, 5.41) is 7.00. The first-order valence-electron chi connectivity index (χ1n) is 7.61. The van der Waals surface area contributed by atoms with Crippen molar-refractivity contribution in [2.75, 3.05) is 7.11 Å². The molecule has 0 heterocycles. The predicted octanol–water partition coefficient (Wildman–Crippen LogP) is 3.89. The van der Waals surface area contributed by atoms with Gasteiger partial charge in [0, 0.05) is 18.9 Å². The molecule has 0 atom stereocenters. The molecular formula is C18H33NO2. The Bertz CT molecular complexity index is 340. The van der Waals surface area contributed by atoms with Crippen LogP contribution in [0.25, 0.3) is 0 Å². The van der Waals surface area contributed by atoms with Gasteiger partial charge < -0.3 is 10.6 Å². The summed E-state index contributed by atoms with van der Waals surface area (Å²) in [6, 6.07) is 8.99. The molecule has 122 valence electrons. The zero-order chi connectivity index (χ0) is 15.4. The number of aryl methyl sites for hydroxylation is 2. The third kappa shape index (κ3) is 12.3. The number of benzene rings is 1. The Labute approximate surface area is 130 Å². The summed E-state index contributed by atoms with van der Waals surface area (Å²) in [6.07, 6.45) is 6.67. The summed E-state index contributed by atoms with van der Waals surface area (Å²) in [5.74, 6) is 0. The molecule has 1 fully saturated rings. The average molecular weight is 295 g/mol. The summed E-state index contributed by atoms with van der Waals surface area (Å²) in [4.78, 5) is 4.55. The number of hydrogen-bond donors (Lipinski definition) is 1. The van der Waals surface area contributed by atoms with Gasteiger partial charge in [0.15, 0.2) is 0 Å². The topological polar surface area (TPSA) is 64.1 Å². The number of aliphatic hydroxyl groups excluding tert-OH is 1. The second-order valence-corrected chi connectivity index (χ2v) is 5.50. The maximum absolute atomic E-state index is 7.00. The van der Waals surface area contributed by atoms with Crippen molar-refractivity contribution in [3.05, 3.63) is 35.4 Å². The van der Waals surface area contributed by atoms with Gasteiger partial charge in [-0.05, 0) is 53.4 Å². The SMILES string of the molecule is CC(C)N=C1CCCCC1.CO.Cc1ccc(C)cc1.O. The van der Waals surface area contributed by atoms with Crippen LogP contribution in [0.2, 0.25) is 0 Å². The van der Waals surface area contributed by atoms with Gasteiger partial charge >= 0.3 is 0 Å². The van der Waals surface area contributed by atoms with Crippen molar-refractivity contribution in [1.82, 2.24) is 0 Å². The van der Waals surface area contributed by atoms with Gasteiger partial charge in [-0.15, -0.1) is 0 Å². The maximum atomic E-state index is 7.00. The lowest BCUT2D eigenvalue weighted by Gasteiger charge is -2.13. The molecule has 3 N–H and O–H groups in total. The first-order chi connectivity index (χ1) is 9.58. The van der Waals surface area contributed by atoms with Crippen LogP contribution in [0.3, 0.4) is 0 Å². The van der Waals surface area contributed by atoms with Crippen molar-refractivity contribution in [2.24, 2.45) is 4.99 Å². The maximum Gasteiger partial charge on any atom is 0.0442 e. The molecule has 1 aromatic rings. The first kappa shape index (κ1) is 22.1. The molecule has 0 radical (unpaired) electrons. The van der Waals surface area contributed by atoms with Crippen molar-refractivity contribution < 1.29 is 10.6 Å². The van der Waals surface area contributed by atoms with Crippen LogP contribution in [0, 0.1) is 13.8 Å². The molecule has 2 rings (SSSR count). The van der Waals surface area contributed by atoms with Crippen LogP contribution < -0.4 is 0 Å². The molecule has 1 aromatic carbocycles. The molecule has 3 nitrogen and oxygen atoms in total. The number of aliphatic hydroxyl groups is 1. The Morgan fingerprint density at radius 3 is 1.57 bits per heavy atom. The number of hydrogen-bond acceptors (Lipinski definition) is 2. The molecule has 3 heteroatoms. The monoisotopic (exact) mass is 295 g/mol. The van der Waals surface area contributed by atoms with Crippen LogP contribution in [0.15, 0.2) is 29.3 Å². The van der Waals surface area contributed by atoms with Crippen molar-refractivity contribution >= 4 is 5.71 Å². The van der Waals surface area contributed by atoms with E-state index in [0.717, 1.165) is 7.11 Å². The van der Waals surface area contributed by atoms with Crippen LogP contribution in [-0.4, -0.2) is 29.4 Å². The lowest BCUT2D eigenvalue weighted by atomic mass is 9.98. The van der Waals surface area contributed by atoms with Crippen LogP contribution >= 0.6 is 0 Å². The summed E-state index contributed by atoms with van der Waals surface area (Å²) in [5.41, 5.74) is 4.12. The van der Waals surface area contributed by atoms with Gasteiger partial charge in [0.05, 0.1) is 0 Å². The fourth-order valence-electron chi connectivity index (χ4n) is 2.09. The van der Waals surface area contributed by atoms with Crippen molar-refractivity contribution in [1.29, 1.82) is 0 Å².